The fraction of sp³-hybridized carbons (Fsp3) is 0.316. The van der Waals surface area contributed by atoms with E-state index in [1.165, 1.54) is 6.92 Å². The molecule has 2 aromatic carbocycles. The third-order valence-electron chi connectivity index (χ3n) is 4.49. The topological polar surface area (TPSA) is 75.7 Å². The van der Waals surface area contributed by atoms with E-state index in [0.29, 0.717) is 6.54 Å². The maximum atomic E-state index is 12.6. The second-order valence-corrected chi connectivity index (χ2v) is 8.00. The van der Waals surface area contributed by atoms with Gasteiger partial charge in [0.2, 0.25) is 15.9 Å². The Morgan fingerprint density at radius 3 is 2.58 bits per heavy atom. The van der Waals surface area contributed by atoms with Gasteiger partial charge in [-0.05, 0) is 54.3 Å². The Kier molecular flexibility index (Phi) is 5.29. The summed E-state index contributed by atoms with van der Waals surface area (Å²) in [4.78, 5) is 13.6. The molecule has 0 unspecified atom stereocenters. The van der Waals surface area contributed by atoms with Crippen molar-refractivity contribution in [2.45, 2.75) is 31.2 Å². The molecule has 0 saturated carbocycles. The zero-order valence-electron chi connectivity index (χ0n) is 14.9. The van der Waals surface area contributed by atoms with Gasteiger partial charge in [0.15, 0.2) is 0 Å². The first kappa shape index (κ1) is 18.4. The smallest absolute Gasteiger partial charge is 0.240 e. The fourth-order valence-corrected chi connectivity index (χ4v) is 4.14. The van der Waals surface area contributed by atoms with E-state index < -0.39 is 10.0 Å². The first-order chi connectivity index (χ1) is 12.4. The molecule has 1 aliphatic heterocycles. The van der Waals surface area contributed by atoms with Crippen molar-refractivity contribution >= 4 is 21.6 Å². The summed E-state index contributed by atoms with van der Waals surface area (Å²) < 4.78 is 32.9. The Morgan fingerprint density at radius 1 is 1.19 bits per heavy atom. The van der Waals surface area contributed by atoms with E-state index in [1.807, 2.05) is 12.1 Å². The van der Waals surface area contributed by atoms with E-state index in [0.717, 1.165) is 35.4 Å². The third kappa shape index (κ3) is 3.89. The van der Waals surface area contributed by atoms with Crippen LogP contribution in [0.1, 0.15) is 24.5 Å². The van der Waals surface area contributed by atoms with Crippen LogP contribution < -0.4 is 14.4 Å². The summed E-state index contributed by atoms with van der Waals surface area (Å²) in [5.41, 5.74) is 2.53. The Hall–Kier alpha value is -2.38. The quantitative estimate of drug-likeness (QED) is 0.872. The summed E-state index contributed by atoms with van der Waals surface area (Å²) in [5, 5.41) is 0. The molecule has 138 valence electrons. The van der Waals surface area contributed by atoms with E-state index in [1.54, 1.807) is 42.3 Å². The van der Waals surface area contributed by atoms with Gasteiger partial charge in [0.05, 0.1) is 12.0 Å². The minimum absolute atomic E-state index is 0.0285. The van der Waals surface area contributed by atoms with Gasteiger partial charge in [-0.2, -0.15) is 0 Å². The van der Waals surface area contributed by atoms with E-state index in [9.17, 15) is 13.2 Å². The van der Waals surface area contributed by atoms with Crippen LogP contribution in [0.2, 0.25) is 0 Å². The molecule has 1 N–H and O–H groups in total. The fourth-order valence-electron chi connectivity index (χ4n) is 3.07. The molecule has 0 radical (unpaired) electrons. The second-order valence-electron chi connectivity index (χ2n) is 6.24. The van der Waals surface area contributed by atoms with E-state index in [-0.39, 0.29) is 17.3 Å². The normalized spacial score (nSPS) is 14.0. The zero-order chi connectivity index (χ0) is 18.7. The second kappa shape index (κ2) is 7.47. The van der Waals surface area contributed by atoms with Crippen LogP contribution in [0.3, 0.4) is 0 Å². The van der Waals surface area contributed by atoms with Gasteiger partial charge < -0.3 is 9.64 Å². The Morgan fingerprint density at radius 2 is 1.92 bits per heavy atom. The lowest BCUT2D eigenvalue weighted by atomic mass is 10.0. The number of amides is 1. The van der Waals surface area contributed by atoms with Crippen LogP contribution in [0.4, 0.5) is 5.69 Å². The molecule has 0 saturated heterocycles. The summed E-state index contributed by atoms with van der Waals surface area (Å²) in [6.07, 6.45) is 1.59. The Labute approximate surface area is 153 Å². The highest BCUT2D eigenvalue weighted by Gasteiger charge is 2.22. The summed E-state index contributed by atoms with van der Waals surface area (Å²) in [6.45, 7) is 2.39. The molecule has 0 spiro atoms. The summed E-state index contributed by atoms with van der Waals surface area (Å²) in [7, 11) is -2.05. The summed E-state index contributed by atoms with van der Waals surface area (Å²) in [5.74, 6) is 0.695. The molecular formula is C19H22N2O4S. The minimum atomic E-state index is -3.63. The van der Waals surface area contributed by atoms with Gasteiger partial charge in [-0.3, -0.25) is 4.79 Å². The Balaban J connectivity index is 1.77. The van der Waals surface area contributed by atoms with Crippen molar-refractivity contribution in [3.05, 3.63) is 53.6 Å². The molecule has 26 heavy (non-hydrogen) atoms. The van der Waals surface area contributed by atoms with Crippen molar-refractivity contribution < 1.29 is 17.9 Å². The number of fused-ring (bicyclic) bond motifs is 1. The molecule has 6 nitrogen and oxygen atoms in total. The third-order valence-corrected chi connectivity index (χ3v) is 5.88. The highest BCUT2D eigenvalue weighted by atomic mass is 32.2. The predicted molar refractivity (Wildman–Crippen MR) is 99.8 cm³/mol. The van der Waals surface area contributed by atoms with Gasteiger partial charge in [0.1, 0.15) is 5.75 Å². The van der Waals surface area contributed by atoms with Crippen LogP contribution >= 0.6 is 0 Å². The monoisotopic (exact) mass is 374 g/mol. The molecule has 0 bridgehead atoms. The number of hydrogen-bond acceptors (Lipinski definition) is 4. The summed E-state index contributed by atoms with van der Waals surface area (Å²) in [6, 6.07) is 12.2. The number of nitrogens with one attached hydrogen (secondary N) is 1. The van der Waals surface area contributed by atoms with Gasteiger partial charge in [-0.25, -0.2) is 13.1 Å². The maximum absolute atomic E-state index is 12.6. The van der Waals surface area contributed by atoms with Crippen LogP contribution in [0.25, 0.3) is 0 Å². The van der Waals surface area contributed by atoms with E-state index in [2.05, 4.69) is 4.72 Å². The van der Waals surface area contributed by atoms with Crippen molar-refractivity contribution in [3.63, 3.8) is 0 Å². The first-order valence-electron chi connectivity index (χ1n) is 8.44. The van der Waals surface area contributed by atoms with Gasteiger partial charge in [-0.15, -0.1) is 0 Å². The number of anilines is 1. The molecule has 0 atom stereocenters. The lowest BCUT2D eigenvalue weighted by molar-refractivity contribution is -0.116. The van der Waals surface area contributed by atoms with Crippen LogP contribution in [-0.4, -0.2) is 28.0 Å². The van der Waals surface area contributed by atoms with Crippen molar-refractivity contribution in [1.82, 2.24) is 4.72 Å². The largest absolute Gasteiger partial charge is 0.497 e. The molecule has 0 fully saturated rings. The average Bonchev–Trinajstić information content (AvgIpc) is 2.65. The first-order valence-corrected chi connectivity index (χ1v) is 9.92. The number of carbonyl (C=O) groups is 1. The number of hydrogen-bond donors (Lipinski definition) is 1. The van der Waals surface area contributed by atoms with Gasteiger partial charge in [0.25, 0.3) is 0 Å². The number of aryl methyl sites for hydroxylation is 1. The molecule has 0 aliphatic carbocycles. The van der Waals surface area contributed by atoms with Crippen molar-refractivity contribution in [3.8, 4) is 5.75 Å². The van der Waals surface area contributed by atoms with Crippen LogP contribution in [-0.2, 0) is 27.8 Å². The van der Waals surface area contributed by atoms with Crippen LogP contribution in [0.15, 0.2) is 47.4 Å². The van der Waals surface area contributed by atoms with Crippen molar-refractivity contribution in [2.24, 2.45) is 0 Å². The number of sulfonamides is 1. The highest BCUT2D eigenvalue weighted by Crippen LogP contribution is 2.29. The van der Waals surface area contributed by atoms with Crippen molar-refractivity contribution in [2.75, 3.05) is 18.6 Å². The molecule has 1 aliphatic rings. The minimum Gasteiger partial charge on any atom is -0.497 e. The lowest BCUT2D eigenvalue weighted by Gasteiger charge is -2.28. The predicted octanol–water partition coefficient (Wildman–Crippen LogP) is 2.47. The van der Waals surface area contributed by atoms with Gasteiger partial charge >= 0.3 is 0 Å². The molecule has 7 heteroatoms. The zero-order valence-corrected chi connectivity index (χ0v) is 15.7. The number of rotatable bonds is 5. The Bertz CT molecular complexity index is 908. The van der Waals surface area contributed by atoms with Crippen LogP contribution in [0.5, 0.6) is 5.75 Å². The summed E-state index contributed by atoms with van der Waals surface area (Å²) >= 11 is 0. The molecule has 1 heterocycles. The van der Waals surface area contributed by atoms with Gasteiger partial charge in [-0.1, -0.05) is 12.1 Å². The average molecular weight is 374 g/mol. The van der Waals surface area contributed by atoms with E-state index in [4.69, 9.17) is 4.74 Å². The number of carbonyl (C=O) groups excluding carboxylic acids is 1. The molecule has 2 aromatic rings. The lowest BCUT2D eigenvalue weighted by Crippen LogP contribution is -2.33. The van der Waals surface area contributed by atoms with Crippen molar-refractivity contribution in [1.29, 1.82) is 0 Å². The molecular weight excluding hydrogens is 352 g/mol. The number of ether oxygens (including phenoxy) is 1. The molecule has 3 rings (SSSR count). The standard InChI is InChI=1S/C19H22N2O4S/c1-14(22)21-11-3-4-16-12-18(9-10-19(16)21)26(23,24)20-13-15-5-7-17(25-2)8-6-15/h5-10,12,20H,3-4,11,13H2,1-2H3. The maximum Gasteiger partial charge on any atom is 0.240 e. The SMILES string of the molecule is COc1ccc(CNS(=O)(=O)c2ccc3c(c2)CCCN3C(C)=O)cc1. The van der Waals surface area contributed by atoms with Gasteiger partial charge in [0, 0.05) is 25.7 Å². The number of nitrogens with zero attached hydrogens (tertiary/aromatic N) is 1. The number of benzene rings is 2. The van der Waals surface area contributed by atoms with Crippen LogP contribution in [0, 0.1) is 0 Å². The molecule has 0 aromatic heterocycles. The number of methoxy groups -OCH3 is 1. The highest BCUT2D eigenvalue weighted by molar-refractivity contribution is 7.89. The van der Waals surface area contributed by atoms with E-state index >= 15 is 0 Å². The molecule has 1 amide bonds.